The fraction of sp³-hybridized carbons (Fsp3) is 0.571. The second kappa shape index (κ2) is 5.37. The molecule has 2 unspecified atom stereocenters. The van der Waals surface area contributed by atoms with Gasteiger partial charge in [-0.3, -0.25) is 0 Å². The molecule has 1 saturated carbocycles. The van der Waals surface area contributed by atoms with Crippen LogP contribution in [-0.4, -0.2) is 25.4 Å². The number of aliphatic hydroxyl groups is 1. The fourth-order valence-corrected chi connectivity index (χ4v) is 2.85. The van der Waals surface area contributed by atoms with Crippen LogP contribution in [0.4, 0.5) is 0 Å². The van der Waals surface area contributed by atoms with Crippen molar-refractivity contribution in [2.75, 3.05) is 14.2 Å². The number of benzene rings is 1. The molecule has 2 rings (SSSR count). The monoisotopic (exact) mass is 270 g/mol. The Morgan fingerprint density at radius 2 is 1.78 bits per heavy atom. The zero-order valence-corrected chi connectivity index (χ0v) is 11.5. The molecule has 0 heterocycles. The lowest BCUT2D eigenvalue weighted by Crippen LogP contribution is -2.37. The SMILES string of the molecule is COc1cc(OC)cc(C2(Cl)CCCCC2O)c1. The summed E-state index contributed by atoms with van der Waals surface area (Å²) in [7, 11) is 3.22. The van der Waals surface area contributed by atoms with Crippen LogP contribution in [0.25, 0.3) is 0 Å². The van der Waals surface area contributed by atoms with Crippen LogP contribution < -0.4 is 9.47 Å². The van der Waals surface area contributed by atoms with Gasteiger partial charge in [0.2, 0.25) is 0 Å². The Morgan fingerprint density at radius 3 is 2.28 bits per heavy atom. The molecule has 0 aromatic heterocycles. The van der Waals surface area contributed by atoms with Crippen LogP contribution >= 0.6 is 11.6 Å². The number of halogens is 1. The molecule has 0 saturated heterocycles. The largest absolute Gasteiger partial charge is 0.497 e. The molecule has 1 fully saturated rings. The van der Waals surface area contributed by atoms with Crippen LogP contribution in [-0.2, 0) is 4.87 Å². The first kappa shape index (κ1) is 13.5. The zero-order valence-electron chi connectivity index (χ0n) is 10.8. The van der Waals surface area contributed by atoms with Gasteiger partial charge in [0.05, 0.1) is 25.2 Å². The Labute approximate surface area is 113 Å². The highest BCUT2D eigenvalue weighted by atomic mass is 35.5. The van der Waals surface area contributed by atoms with Gasteiger partial charge in [0.25, 0.3) is 0 Å². The van der Waals surface area contributed by atoms with Crippen molar-refractivity contribution in [1.29, 1.82) is 0 Å². The van der Waals surface area contributed by atoms with Crippen molar-refractivity contribution in [3.05, 3.63) is 23.8 Å². The van der Waals surface area contributed by atoms with Crippen molar-refractivity contribution in [2.24, 2.45) is 0 Å². The van der Waals surface area contributed by atoms with Gasteiger partial charge in [-0.05, 0) is 30.5 Å². The van der Waals surface area contributed by atoms with E-state index in [1.165, 1.54) is 0 Å². The van der Waals surface area contributed by atoms with Crippen LogP contribution in [0.3, 0.4) is 0 Å². The highest BCUT2D eigenvalue weighted by Crippen LogP contribution is 2.45. The maximum absolute atomic E-state index is 10.2. The summed E-state index contributed by atoms with van der Waals surface area (Å²) in [5.74, 6) is 1.39. The first-order valence-corrected chi connectivity index (χ1v) is 6.58. The molecule has 0 spiro atoms. The van der Waals surface area contributed by atoms with Crippen molar-refractivity contribution in [2.45, 2.75) is 36.7 Å². The Kier molecular flexibility index (Phi) is 4.03. The van der Waals surface area contributed by atoms with Gasteiger partial charge < -0.3 is 14.6 Å². The predicted octanol–water partition coefficient (Wildman–Crippen LogP) is 3.07. The highest BCUT2D eigenvalue weighted by Gasteiger charge is 2.40. The van der Waals surface area contributed by atoms with Gasteiger partial charge in [-0.2, -0.15) is 0 Å². The Bertz CT molecular complexity index is 399. The molecule has 0 amide bonds. The Hall–Kier alpha value is -0.930. The van der Waals surface area contributed by atoms with Gasteiger partial charge in [0.1, 0.15) is 11.5 Å². The van der Waals surface area contributed by atoms with Crippen LogP contribution in [0.15, 0.2) is 18.2 Å². The number of hydrogen-bond donors (Lipinski definition) is 1. The number of methoxy groups -OCH3 is 2. The number of rotatable bonds is 3. The van der Waals surface area contributed by atoms with Crippen molar-refractivity contribution in [3.8, 4) is 11.5 Å². The minimum absolute atomic E-state index is 0.523. The maximum atomic E-state index is 10.2. The van der Waals surface area contributed by atoms with E-state index in [0.717, 1.165) is 31.2 Å². The average Bonchev–Trinajstić information content (AvgIpc) is 2.41. The molecule has 0 aliphatic heterocycles. The van der Waals surface area contributed by atoms with Crippen LogP contribution in [0.5, 0.6) is 11.5 Å². The van der Waals surface area contributed by atoms with E-state index >= 15 is 0 Å². The standard InChI is InChI=1S/C14H19ClO3/c1-17-11-7-10(8-12(9-11)18-2)14(15)6-4-3-5-13(14)16/h7-9,13,16H,3-6H2,1-2H3. The van der Waals surface area contributed by atoms with E-state index in [1.54, 1.807) is 20.3 Å². The molecule has 18 heavy (non-hydrogen) atoms. The summed E-state index contributed by atoms with van der Waals surface area (Å²) in [6.45, 7) is 0. The smallest absolute Gasteiger partial charge is 0.122 e. The molecule has 1 aromatic rings. The summed E-state index contributed by atoms with van der Waals surface area (Å²) in [6.07, 6.45) is 3.04. The lowest BCUT2D eigenvalue weighted by Gasteiger charge is -2.36. The minimum Gasteiger partial charge on any atom is -0.497 e. The minimum atomic E-state index is -0.722. The molecule has 1 aliphatic rings. The van der Waals surface area contributed by atoms with Crippen LogP contribution in [0.1, 0.15) is 31.2 Å². The second-order valence-corrected chi connectivity index (χ2v) is 5.40. The summed E-state index contributed by atoms with van der Waals surface area (Å²) in [5.41, 5.74) is 0.868. The van der Waals surface area contributed by atoms with E-state index in [9.17, 15) is 5.11 Å². The average molecular weight is 271 g/mol. The molecule has 0 bridgehead atoms. The van der Waals surface area contributed by atoms with Gasteiger partial charge in [0.15, 0.2) is 0 Å². The number of aliphatic hydroxyl groups excluding tert-OH is 1. The van der Waals surface area contributed by atoms with Gasteiger partial charge in [-0.15, -0.1) is 11.6 Å². The third kappa shape index (κ3) is 2.43. The topological polar surface area (TPSA) is 38.7 Å². The molecule has 3 nitrogen and oxygen atoms in total. The molecule has 4 heteroatoms. The molecule has 100 valence electrons. The predicted molar refractivity (Wildman–Crippen MR) is 71.6 cm³/mol. The summed E-state index contributed by atoms with van der Waals surface area (Å²) in [5, 5.41) is 10.2. The van der Waals surface area contributed by atoms with E-state index in [0.29, 0.717) is 11.5 Å². The number of ether oxygens (including phenoxy) is 2. The van der Waals surface area contributed by atoms with Gasteiger partial charge in [0, 0.05) is 6.07 Å². The molecule has 1 aliphatic carbocycles. The molecular weight excluding hydrogens is 252 g/mol. The van der Waals surface area contributed by atoms with E-state index in [-0.39, 0.29) is 0 Å². The quantitative estimate of drug-likeness (QED) is 0.858. The zero-order chi connectivity index (χ0) is 13.2. The molecular formula is C14H19ClO3. The lowest BCUT2D eigenvalue weighted by molar-refractivity contribution is 0.0853. The fourth-order valence-electron chi connectivity index (χ4n) is 2.50. The molecule has 1 aromatic carbocycles. The Morgan fingerprint density at radius 1 is 1.17 bits per heavy atom. The first-order valence-electron chi connectivity index (χ1n) is 6.20. The van der Waals surface area contributed by atoms with E-state index in [1.807, 2.05) is 12.1 Å². The van der Waals surface area contributed by atoms with Crippen molar-refractivity contribution in [1.82, 2.24) is 0 Å². The molecule has 1 N–H and O–H groups in total. The maximum Gasteiger partial charge on any atom is 0.122 e. The lowest BCUT2D eigenvalue weighted by atomic mass is 9.80. The highest BCUT2D eigenvalue weighted by molar-refractivity contribution is 6.24. The van der Waals surface area contributed by atoms with Crippen molar-refractivity contribution >= 4 is 11.6 Å². The third-order valence-electron chi connectivity index (χ3n) is 3.63. The van der Waals surface area contributed by atoms with Crippen molar-refractivity contribution < 1.29 is 14.6 Å². The summed E-state index contributed by atoms with van der Waals surface area (Å²) >= 11 is 6.65. The third-order valence-corrected chi connectivity index (χ3v) is 4.29. The summed E-state index contributed by atoms with van der Waals surface area (Å²) in [4.78, 5) is -0.722. The summed E-state index contributed by atoms with van der Waals surface area (Å²) in [6, 6.07) is 5.56. The Balaban J connectivity index is 2.41. The van der Waals surface area contributed by atoms with E-state index < -0.39 is 11.0 Å². The van der Waals surface area contributed by atoms with E-state index in [2.05, 4.69) is 0 Å². The van der Waals surface area contributed by atoms with Crippen molar-refractivity contribution in [3.63, 3.8) is 0 Å². The van der Waals surface area contributed by atoms with Gasteiger partial charge >= 0.3 is 0 Å². The number of alkyl halides is 1. The normalized spacial score (nSPS) is 27.9. The van der Waals surface area contributed by atoms with Gasteiger partial charge in [-0.1, -0.05) is 12.8 Å². The van der Waals surface area contributed by atoms with Crippen LogP contribution in [0.2, 0.25) is 0 Å². The summed E-state index contributed by atoms with van der Waals surface area (Å²) < 4.78 is 10.5. The van der Waals surface area contributed by atoms with E-state index in [4.69, 9.17) is 21.1 Å². The molecule has 2 atom stereocenters. The number of hydrogen-bond acceptors (Lipinski definition) is 3. The van der Waals surface area contributed by atoms with Gasteiger partial charge in [-0.25, -0.2) is 0 Å². The first-order chi connectivity index (χ1) is 8.60. The second-order valence-electron chi connectivity index (χ2n) is 4.73. The molecule has 0 radical (unpaired) electrons. The van der Waals surface area contributed by atoms with Crippen LogP contribution in [0, 0.1) is 0 Å².